The number of rotatable bonds is 6. The van der Waals surface area contributed by atoms with Gasteiger partial charge in [-0.25, -0.2) is 0 Å². The zero-order valence-corrected chi connectivity index (χ0v) is 12.7. The summed E-state index contributed by atoms with van der Waals surface area (Å²) in [5.41, 5.74) is 2.33. The summed E-state index contributed by atoms with van der Waals surface area (Å²) >= 11 is 3.05. The molecule has 1 N–H and O–H groups in total. The van der Waals surface area contributed by atoms with E-state index in [0.717, 1.165) is 42.3 Å². The Balaban J connectivity index is 1.94. The number of nitrogens with one attached hydrogen (secondary N) is 1. The van der Waals surface area contributed by atoms with E-state index in [9.17, 15) is 0 Å². The fourth-order valence-corrected chi connectivity index (χ4v) is 3.73. The van der Waals surface area contributed by atoms with Gasteiger partial charge in [-0.15, -0.1) is 11.8 Å². The van der Waals surface area contributed by atoms with Gasteiger partial charge in [-0.05, 0) is 44.1 Å². The molecule has 0 spiro atoms. The van der Waals surface area contributed by atoms with Gasteiger partial charge in [0.15, 0.2) is 0 Å². The highest BCUT2D eigenvalue weighted by atomic mass is 32.2. The van der Waals surface area contributed by atoms with Crippen molar-refractivity contribution in [3.63, 3.8) is 0 Å². The molecule has 2 rings (SSSR count). The van der Waals surface area contributed by atoms with Crippen LogP contribution in [-0.2, 0) is 0 Å². The average molecular weight is 294 g/mol. The van der Waals surface area contributed by atoms with Gasteiger partial charge in [-0.1, -0.05) is 6.08 Å². The van der Waals surface area contributed by atoms with Gasteiger partial charge < -0.3 is 5.32 Å². The quantitative estimate of drug-likeness (QED) is 0.645. The normalized spacial score (nSPS) is 18.9. The minimum atomic E-state index is 0.357. The van der Waals surface area contributed by atoms with Gasteiger partial charge in [-0.3, -0.25) is 0 Å². The number of hydrogen-bond acceptors (Lipinski definition) is 6. The Labute approximate surface area is 122 Å². The Morgan fingerprint density at radius 1 is 1.53 bits per heavy atom. The summed E-state index contributed by atoms with van der Waals surface area (Å²) in [6.45, 7) is 3.21. The third-order valence-corrected chi connectivity index (χ3v) is 4.77. The Bertz CT molecular complexity index is 475. The molecule has 0 saturated heterocycles. The van der Waals surface area contributed by atoms with E-state index in [2.05, 4.69) is 33.1 Å². The van der Waals surface area contributed by atoms with Gasteiger partial charge in [-0.2, -0.15) is 14.0 Å². The largest absolute Gasteiger partial charge is 0.310 e. The molecule has 0 amide bonds. The van der Waals surface area contributed by atoms with Crippen molar-refractivity contribution < 1.29 is 0 Å². The second-order valence-electron chi connectivity index (χ2n) is 4.51. The molecule has 1 unspecified atom stereocenters. The smallest absolute Gasteiger partial charge is 0.138 e. The molecule has 0 bridgehead atoms. The lowest BCUT2D eigenvalue weighted by molar-refractivity contribution is 0.624. The molecule has 4 nitrogen and oxygen atoms in total. The summed E-state index contributed by atoms with van der Waals surface area (Å²) in [4.78, 5) is 0. The number of unbranched alkanes of at least 4 members (excludes halogenated alkanes) is 2. The molecule has 102 valence electrons. The Morgan fingerprint density at radius 3 is 3.21 bits per heavy atom. The van der Waals surface area contributed by atoms with Crippen LogP contribution in [0.15, 0.2) is 11.1 Å². The molecule has 0 fully saturated rings. The van der Waals surface area contributed by atoms with Crippen molar-refractivity contribution in [2.75, 3.05) is 12.3 Å². The van der Waals surface area contributed by atoms with Crippen LogP contribution in [0.1, 0.15) is 38.3 Å². The summed E-state index contributed by atoms with van der Waals surface area (Å²) in [5.74, 6) is 1.01. The molecule has 2 heterocycles. The average Bonchev–Trinajstić information content (AvgIpc) is 2.87. The number of nitrogens with zero attached hydrogens (tertiary/aromatic N) is 3. The standard InChI is InChI=1S/C13H18N4S2/c1-10-11(6-5-8-15-10)12-13(17-19-16-12)18-9-4-2-3-7-14/h6,10,15H,2-5,8-9H2,1H3. The zero-order chi connectivity index (χ0) is 13.5. The Morgan fingerprint density at radius 2 is 2.42 bits per heavy atom. The van der Waals surface area contributed by atoms with Crippen LogP contribution in [0.4, 0.5) is 0 Å². The van der Waals surface area contributed by atoms with E-state index in [4.69, 9.17) is 5.26 Å². The van der Waals surface area contributed by atoms with E-state index in [1.165, 1.54) is 17.3 Å². The molecule has 0 aliphatic carbocycles. The lowest BCUT2D eigenvalue weighted by Gasteiger charge is -2.21. The SMILES string of the molecule is CC1NCCC=C1c1nsnc1SCCCCC#N. The lowest BCUT2D eigenvalue weighted by Crippen LogP contribution is -2.31. The van der Waals surface area contributed by atoms with Gasteiger partial charge in [0.2, 0.25) is 0 Å². The third kappa shape index (κ3) is 4.03. The molecule has 1 aromatic rings. The van der Waals surface area contributed by atoms with E-state index in [1.54, 1.807) is 11.8 Å². The van der Waals surface area contributed by atoms with Crippen LogP contribution in [-0.4, -0.2) is 27.1 Å². The first-order valence-electron chi connectivity index (χ1n) is 6.59. The third-order valence-electron chi connectivity index (χ3n) is 3.08. The van der Waals surface area contributed by atoms with Crippen LogP contribution >= 0.6 is 23.5 Å². The highest BCUT2D eigenvalue weighted by Crippen LogP contribution is 2.30. The molecule has 1 aromatic heterocycles. The van der Waals surface area contributed by atoms with Gasteiger partial charge in [0.25, 0.3) is 0 Å². The number of aromatic nitrogens is 2. The van der Waals surface area contributed by atoms with Crippen molar-refractivity contribution in [3.05, 3.63) is 11.8 Å². The van der Waals surface area contributed by atoms with Crippen molar-refractivity contribution in [3.8, 4) is 6.07 Å². The van der Waals surface area contributed by atoms with Crippen LogP contribution in [0.3, 0.4) is 0 Å². The number of thioether (sulfide) groups is 1. The van der Waals surface area contributed by atoms with Crippen LogP contribution in [0.25, 0.3) is 5.57 Å². The van der Waals surface area contributed by atoms with Gasteiger partial charge in [0.05, 0.1) is 17.8 Å². The maximum absolute atomic E-state index is 8.50. The van der Waals surface area contributed by atoms with Crippen molar-refractivity contribution >= 4 is 29.1 Å². The van der Waals surface area contributed by atoms with Crippen LogP contribution in [0.2, 0.25) is 0 Å². The molecule has 1 atom stereocenters. The first kappa shape index (κ1) is 14.5. The van der Waals surface area contributed by atoms with Crippen LogP contribution < -0.4 is 5.32 Å². The number of hydrogen-bond donors (Lipinski definition) is 1. The lowest BCUT2D eigenvalue weighted by atomic mass is 10.0. The topological polar surface area (TPSA) is 61.6 Å². The second-order valence-corrected chi connectivity index (χ2v) is 6.12. The van der Waals surface area contributed by atoms with E-state index < -0.39 is 0 Å². The van der Waals surface area contributed by atoms with Crippen molar-refractivity contribution in [1.29, 1.82) is 5.26 Å². The van der Waals surface area contributed by atoms with Crippen molar-refractivity contribution in [1.82, 2.24) is 14.1 Å². The molecule has 0 aromatic carbocycles. The highest BCUT2D eigenvalue weighted by molar-refractivity contribution is 7.99. The first-order valence-corrected chi connectivity index (χ1v) is 8.30. The molecule has 0 radical (unpaired) electrons. The van der Waals surface area contributed by atoms with Gasteiger partial charge in [0, 0.05) is 12.5 Å². The number of nitriles is 1. The van der Waals surface area contributed by atoms with E-state index >= 15 is 0 Å². The minimum absolute atomic E-state index is 0.357. The molecule has 19 heavy (non-hydrogen) atoms. The minimum Gasteiger partial charge on any atom is -0.310 e. The maximum Gasteiger partial charge on any atom is 0.138 e. The summed E-state index contributed by atoms with van der Waals surface area (Å²) in [5, 5.41) is 13.0. The summed E-state index contributed by atoms with van der Waals surface area (Å²) < 4.78 is 8.86. The molecule has 1 aliphatic rings. The van der Waals surface area contributed by atoms with Crippen LogP contribution in [0.5, 0.6) is 0 Å². The Kier molecular flexibility index (Phi) is 5.83. The molecular weight excluding hydrogens is 276 g/mol. The fourth-order valence-electron chi connectivity index (χ4n) is 2.04. The van der Waals surface area contributed by atoms with Crippen molar-refractivity contribution in [2.24, 2.45) is 0 Å². The van der Waals surface area contributed by atoms with E-state index in [0.29, 0.717) is 12.5 Å². The van der Waals surface area contributed by atoms with Crippen LogP contribution in [0, 0.1) is 11.3 Å². The zero-order valence-electron chi connectivity index (χ0n) is 11.1. The molecule has 0 saturated carbocycles. The monoisotopic (exact) mass is 294 g/mol. The van der Waals surface area contributed by atoms with Crippen molar-refractivity contribution in [2.45, 2.75) is 43.7 Å². The Hall–Kier alpha value is -0.900. The molecule has 6 heteroatoms. The molecule has 1 aliphatic heterocycles. The predicted octanol–water partition coefficient (Wildman–Crippen LogP) is 3.09. The highest BCUT2D eigenvalue weighted by Gasteiger charge is 2.20. The summed E-state index contributed by atoms with van der Waals surface area (Å²) in [6.07, 6.45) is 6.01. The summed E-state index contributed by atoms with van der Waals surface area (Å²) in [6, 6.07) is 2.53. The maximum atomic E-state index is 8.50. The van der Waals surface area contributed by atoms with Gasteiger partial charge >= 0.3 is 0 Å². The van der Waals surface area contributed by atoms with E-state index in [-0.39, 0.29) is 0 Å². The van der Waals surface area contributed by atoms with E-state index in [1.807, 2.05) is 0 Å². The predicted molar refractivity (Wildman–Crippen MR) is 80.2 cm³/mol. The van der Waals surface area contributed by atoms with Gasteiger partial charge in [0.1, 0.15) is 10.7 Å². The first-order chi connectivity index (χ1) is 9.33. The fraction of sp³-hybridized carbons (Fsp3) is 0.615. The summed E-state index contributed by atoms with van der Waals surface area (Å²) in [7, 11) is 0. The molecular formula is C13H18N4S2. The second kappa shape index (κ2) is 7.63.